The maximum absolute atomic E-state index is 11.7. The summed E-state index contributed by atoms with van der Waals surface area (Å²) in [5, 5.41) is 3.36. The molecule has 4 heteroatoms. The van der Waals surface area contributed by atoms with Gasteiger partial charge in [0.15, 0.2) is 0 Å². The van der Waals surface area contributed by atoms with Gasteiger partial charge in [0.1, 0.15) is 0 Å². The molecule has 3 N–H and O–H groups in total. The Kier molecular flexibility index (Phi) is 3.10. The Balaban J connectivity index is 2.43. The highest BCUT2D eigenvalue weighted by atomic mass is 16.5. The van der Waals surface area contributed by atoms with Gasteiger partial charge in [-0.2, -0.15) is 0 Å². The standard InChI is InChI=1S/C12H16N2O2/c1-16-12(15)11-8(4-2-5-9(11)13)10-6-3-7-14-10/h2,4-5,10,14H,3,6-7,13H2,1H3. The van der Waals surface area contributed by atoms with Crippen LogP contribution in [0.2, 0.25) is 0 Å². The van der Waals surface area contributed by atoms with Crippen molar-refractivity contribution in [1.82, 2.24) is 5.32 Å². The van der Waals surface area contributed by atoms with E-state index in [-0.39, 0.29) is 12.0 Å². The van der Waals surface area contributed by atoms with Gasteiger partial charge in [-0.05, 0) is 31.0 Å². The third kappa shape index (κ3) is 1.88. The van der Waals surface area contributed by atoms with Crippen LogP contribution in [0.15, 0.2) is 18.2 Å². The lowest BCUT2D eigenvalue weighted by Crippen LogP contribution is -2.18. The number of rotatable bonds is 2. The lowest BCUT2D eigenvalue weighted by Gasteiger charge is -2.16. The second-order valence-corrected chi connectivity index (χ2v) is 3.95. The molecule has 0 aliphatic carbocycles. The second-order valence-electron chi connectivity index (χ2n) is 3.95. The predicted octanol–water partition coefficient (Wildman–Crippen LogP) is 1.48. The molecule has 0 aromatic heterocycles. The van der Waals surface area contributed by atoms with Crippen LogP contribution in [0.5, 0.6) is 0 Å². The maximum atomic E-state index is 11.7. The first kappa shape index (κ1) is 11.0. The van der Waals surface area contributed by atoms with Crippen LogP contribution in [0.4, 0.5) is 5.69 Å². The summed E-state index contributed by atoms with van der Waals surface area (Å²) in [6, 6.07) is 5.76. The molecule has 16 heavy (non-hydrogen) atoms. The van der Waals surface area contributed by atoms with E-state index in [0.717, 1.165) is 24.9 Å². The van der Waals surface area contributed by atoms with Crippen LogP contribution in [-0.2, 0) is 4.74 Å². The highest BCUT2D eigenvalue weighted by Crippen LogP contribution is 2.29. The highest BCUT2D eigenvalue weighted by molar-refractivity contribution is 5.96. The zero-order valence-electron chi connectivity index (χ0n) is 9.32. The molecule has 1 saturated heterocycles. The molecule has 86 valence electrons. The van der Waals surface area contributed by atoms with Crippen molar-refractivity contribution in [3.63, 3.8) is 0 Å². The highest BCUT2D eigenvalue weighted by Gasteiger charge is 2.23. The molecule has 4 nitrogen and oxygen atoms in total. The van der Waals surface area contributed by atoms with Crippen molar-refractivity contribution in [1.29, 1.82) is 0 Å². The number of nitrogens with one attached hydrogen (secondary N) is 1. The monoisotopic (exact) mass is 220 g/mol. The van der Waals surface area contributed by atoms with Crippen LogP contribution in [-0.4, -0.2) is 19.6 Å². The summed E-state index contributed by atoms with van der Waals surface area (Å²) in [6.07, 6.45) is 2.16. The number of esters is 1. The lowest BCUT2D eigenvalue weighted by molar-refractivity contribution is 0.0600. The number of methoxy groups -OCH3 is 1. The molecule has 1 atom stereocenters. The quantitative estimate of drug-likeness (QED) is 0.585. The number of ether oxygens (including phenoxy) is 1. The average Bonchev–Trinajstić information content (AvgIpc) is 2.81. The summed E-state index contributed by atoms with van der Waals surface area (Å²) >= 11 is 0. The number of hydrogen-bond acceptors (Lipinski definition) is 4. The van der Waals surface area contributed by atoms with Gasteiger partial charge in [0.2, 0.25) is 0 Å². The Morgan fingerprint density at radius 1 is 1.56 bits per heavy atom. The van der Waals surface area contributed by atoms with Crippen molar-refractivity contribution in [3.8, 4) is 0 Å². The van der Waals surface area contributed by atoms with E-state index in [1.807, 2.05) is 12.1 Å². The van der Waals surface area contributed by atoms with Crippen LogP contribution in [0.3, 0.4) is 0 Å². The van der Waals surface area contributed by atoms with Crippen LogP contribution in [0.25, 0.3) is 0 Å². The molecule has 0 spiro atoms. The van der Waals surface area contributed by atoms with Crippen molar-refractivity contribution in [2.75, 3.05) is 19.4 Å². The van der Waals surface area contributed by atoms with E-state index in [1.165, 1.54) is 7.11 Å². The van der Waals surface area contributed by atoms with Crippen molar-refractivity contribution < 1.29 is 9.53 Å². The summed E-state index contributed by atoms with van der Waals surface area (Å²) in [6.45, 7) is 0.986. The first-order valence-corrected chi connectivity index (χ1v) is 5.44. The van der Waals surface area contributed by atoms with Gasteiger partial charge in [0.05, 0.1) is 12.7 Å². The van der Waals surface area contributed by atoms with Crippen LogP contribution in [0.1, 0.15) is 34.8 Å². The van der Waals surface area contributed by atoms with Gasteiger partial charge in [-0.25, -0.2) is 4.79 Å². The SMILES string of the molecule is COC(=O)c1c(N)cccc1C1CCCN1. The van der Waals surface area contributed by atoms with Gasteiger partial charge in [-0.15, -0.1) is 0 Å². The number of nitrogens with two attached hydrogens (primary N) is 1. The smallest absolute Gasteiger partial charge is 0.340 e. The first-order valence-electron chi connectivity index (χ1n) is 5.44. The fraction of sp³-hybridized carbons (Fsp3) is 0.417. The molecule has 0 radical (unpaired) electrons. The molecule has 1 aliphatic heterocycles. The Hall–Kier alpha value is -1.55. The zero-order chi connectivity index (χ0) is 11.5. The first-order chi connectivity index (χ1) is 7.74. The molecule has 0 bridgehead atoms. The van der Waals surface area contributed by atoms with Gasteiger partial charge < -0.3 is 15.8 Å². The van der Waals surface area contributed by atoms with E-state index < -0.39 is 0 Å². The minimum absolute atomic E-state index is 0.220. The fourth-order valence-corrected chi connectivity index (χ4v) is 2.17. The van der Waals surface area contributed by atoms with Crippen LogP contribution >= 0.6 is 0 Å². The van der Waals surface area contributed by atoms with Gasteiger partial charge in [-0.3, -0.25) is 0 Å². The molecule has 1 aliphatic rings. The van der Waals surface area contributed by atoms with E-state index in [4.69, 9.17) is 10.5 Å². The van der Waals surface area contributed by atoms with Crippen molar-refractivity contribution in [3.05, 3.63) is 29.3 Å². The predicted molar refractivity (Wildman–Crippen MR) is 62.2 cm³/mol. The molecule has 0 saturated carbocycles. The van der Waals surface area contributed by atoms with Crippen molar-refractivity contribution >= 4 is 11.7 Å². The van der Waals surface area contributed by atoms with Crippen LogP contribution < -0.4 is 11.1 Å². The molecule has 0 amide bonds. The van der Waals surface area contributed by atoms with E-state index in [0.29, 0.717) is 11.3 Å². The number of carbonyl (C=O) groups is 1. The van der Waals surface area contributed by atoms with Gasteiger partial charge in [0, 0.05) is 11.7 Å². The van der Waals surface area contributed by atoms with Crippen molar-refractivity contribution in [2.24, 2.45) is 0 Å². The summed E-state index contributed by atoms with van der Waals surface area (Å²) in [4.78, 5) is 11.7. The number of anilines is 1. The second kappa shape index (κ2) is 4.53. The molecule has 1 unspecified atom stereocenters. The van der Waals surface area contributed by atoms with Gasteiger partial charge in [-0.1, -0.05) is 12.1 Å². The van der Waals surface area contributed by atoms with Crippen LogP contribution in [0, 0.1) is 0 Å². The van der Waals surface area contributed by atoms with Crippen molar-refractivity contribution in [2.45, 2.75) is 18.9 Å². The normalized spacial score (nSPS) is 19.7. The Bertz CT molecular complexity index is 398. The number of carbonyl (C=O) groups excluding carboxylic acids is 1. The maximum Gasteiger partial charge on any atom is 0.340 e. The minimum Gasteiger partial charge on any atom is -0.465 e. The van der Waals surface area contributed by atoms with E-state index in [2.05, 4.69) is 5.32 Å². The molecule has 2 rings (SSSR count). The van der Waals surface area contributed by atoms with Gasteiger partial charge >= 0.3 is 5.97 Å². The number of nitrogen functional groups attached to an aromatic ring is 1. The molecular weight excluding hydrogens is 204 g/mol. The van der Waals surface area contributed by atoms with E-state index >= 15 is 0 Å². The largest absolute Gasteiger partial charge is 0.465 e. The summed E-state index contributed by atoms with van der Waals surface area (Å²) in [5.41, 5.74) is 7.77. The van der Waals surface area contributed by atoms with E-state index in [9.17, 15) is 4.79 Å². The molecule has 1 aromatic carbocycles. The average molecular weight is 220 g/mol. The Morgan fingerprint density at radius 3 is 3.00 bits per heavy atom. The third-order valence-corrected chi connectivity index (χ3v) is 2.95. The summed E-state index contributed by atoms with van der Waals surface area (Å²) in [5.74, 6) is -0.359. The molecule has 1 aromatic rings. The summed E-state index contributed by atoms with van der Waals surface area (Å²) < 4.78 is 4.77. The number of hydrogen-bond donors (Lipinski definition) is 2. The summed E-state index contributed by atoms with van der Waals surface area (Å²) in [7, 11) is 1.38. The lowest BCUT2D eigenvalue weighted by atomic mass is 9.98. The number of benzene rings is 1. The zero-order valence-corrected chi connectivity index (χ0v) is 9.32. The molecule has 1 fully saturated rings. The molecule has 1 heterocycles. The Morgan fingerprint density at radius 2 is 2.38 bits per heavy atom. The topological polar surface area (TPSA) is 64.3 Å². The Labute approximate surface area is 94.8 Å². The third-order valence-electron chi connectivity index (χ3n) is 2.95. The molecular formula is C12H16N2O2. The van der Waals surface area contributed by atoms with Gasteiger partial charge in [0.25, 0.3) is 0 Å². The van der Waals surface area contributed by atoms with E-state index in [1.54, 1.807) is 6.07 Å². The minimum atomic E-state index is -0.359. The fourth-order valence-electron chi connectivity index (χ4n) is 2.17.